The summed E-state index contributed by atoms with van der Waals surface area (Å²) >= 11 is 0. The summed E-state index contributed by atoms with van der Waals surface area (Å²) in [6, 6.07) is -1.73. The molecule has 0 aromatic carbocycles. The zero-order chi connectivity index (χ0) is 20.4. The predicted molar refractivity (Wildman–Crippen MR) is 98.7 cm³/mol. The first-order valence-electron chi connectivity index (χ1n) is 9.16. The minimum absolute atomic E-state index is 0.127. The second-order valence-corrected chi connectivity index (χ2v) is 9.53. The summed E-state index contributed by atoms with van der Waals surface area (Å²) in [7, 11) is 0. The Morgan fingerprint density at radius 3 is 2.04 bits per heavy atom. The van der Waals surface area contributed by atoms with Crippen molar-refractivity contribution in [2.45, 2.75) is 79.5 Å². The van der Waals surface area contributed by atoms with Gasteiger partial charge in [0.1, 0.15) is 17.7 Å². The van der Waals surface area contributed by atoms with E-state index in [1.807, 2.05) is 34.6 Å². The number of carbonyl (C=O) groups excluding carboxylic acids is 2. The molecule has 0 aromatic rings. The minimum Gasteiger partial charge on any atom is -0.480 e. The largest absolute Gasteiger partial charge is 0.480 e. The van der Waals surface area contributed by atoms with Crippen LogP contribution < -0.4 is 5.32 Å². The van der Waals surface area contributed by atoms with Gasteiger partial charge in [-0.1, -0.05) is 34.6 Å². The molecule has 7 nitrogen and oxygen atoms in total. The lowest BCUT2D eigenvalue weighted by Crippen LogP contribution is -2.57. The summed E-state index contributed by atoms with van der Waals surface area (Å²) in [5.74, 6) is -0.978. The van der Waals surface area contributed by atoms with Gasteiger partial charge in [-0.15, -0.1) is 0 Å². The lowest BCUT2D eigenvalue weighted by Gasteiger charge is -2.35. The van der Waals surface area contributed by atoms with Crippen molar-refractivity contribution >= 4 is 18.0 Å². The van der Waals surface area contributed by atoms with Crippen LogP contribution in [0.1, 0.15) is 61.8 Å². The number of carboxylic acids is 1. The number of aliphatic carboxylic acids is 1. The molecule has 1 fully saturated rings. The van der Waals surface area contributed by atoms with Gasteiger partial charge in [-0.05, 0) is 44.4 Å². The molecular formula is C19H34N2O5. The predicted octanol–water partition coefficient (Wildman–Crippen LogP) is 2.88. The van der Waals surface area contributed by atoms with Crippen molar-refractivity contribution in [3.8, 4) is 0 Å². The molecule has 7 heteroatoms. The van der Waals surface area contributed by atoms with Crippen molar-refractivity contribution in [2.75, 3.05) is 6.54 Å². The monoisotopic (exact) mass is 370 g/mol. The number of ether oxygens (including phenoxy) is 1. The summed E-state index contributed by atoms with van der Waals surface area (Å²) in [5, 5.41) is 12.2. The van der Waals surface area contributed by atoms with Crippen LogP contribution in [0.3, 0.4) is 0 Å². The molecule has 1 heterocycles. The Bertz CT molecular complexity index is 545. The van der Waals surface area contributed by atoms with E-state index in [0.29, 0.717) is 13.0 Å². The lowest BCUT2D eigenvalue weighted by molar-refractivity contribution is -0.150. The summed E-state index contributed by atoms with van der Waals surface area (Å²) < 4.78 is 5.27. The van der Waals surface area contributed by atoms with Crippen molar-refractivity contribution in [1.29, 1.82) is 0 Å². The molecule has 0 aliphatic carbocycles. The molecular weight excluding hydrogens is 336 g/mol. The molecule has 26 heavy (non-hydrogen) atoms. The van der Waals surface area contributed by atoms with E-state index in [-0.39, 0.29) is 17.7 Å². The molecule has 1 aliphatic rings. The van der Waals surface area contributed by atoms with Gasteiger partial charge in [0.05, 0.1) is 0 Å². The van der Waals surface area contributed by atoms with Crippen LogP contribution in [-0.2, 0) is 14.3 Å². The molecule has 1 saturated heterocycles. The highest BCUT2D eigenvalue weighted by molar-refractivity contribution is 5.90. The second kappa shape index (κ2) is 7.84. The zero-order valence-corrected chi connectivity index (χ0v) is 17.3. The highest BCUT2D eigenvalue weighted by atomic mass is 16.6. The van der Waals surface area contributed by atoms with Crippen LogP contribution in [0.4, 0.5) is 4.79 Å². The fourth-order valence-electron chi connectivity index (χ4n) is 3.07. The number of carbonyl (C=O) groups is 3. The molecule has 3 atom stereocenters. The van der Waals surface area contributed by atoms with Crippen LogP contribution >= 0.6 is 0 Å². The molecule has 0 spiro atoms. The average molecular weight is 370 g/mol. The maximum Gasteiger partial charge on any atom is 0.408 e. The van der Waals surface area contributed by atoms with Gasteiger partial charge in [0, 0.05) is 6.54 Å². The SMILES string of the molecule is CC(C)[C@@H]1C[C@@H](C(=O)O)N(C(=O)C(NC(=O)OC(C)(C)C)C(C)(C)C)C1. The summed E-state index contributed by atoms with van der Waals surface area (Å²) in [6.45, 7) is 15.2. The average Bonchev–Trinajstić information content (AvgIpc) is 2.86. The fraction of sp³-hybridized carbons (Fsp3) is 0.842. The highest BCUT2D eigenvalue weighted by Crippen LogP contribution is 2.32. The van der Waals surface area contributed by atoms with Crippen LogP contribution in [0.2, 0.25) is 0 Å². The molecule has 1 rings (SSSR count). The van der Waals surface area contributed by atoms with Gasteiger partial charge >= 0.3 is 12.1 Å². The van der Waals surface area contributed by atoms with E-state index in [4.69, 9.17) is 4.74 Å². The van der Waals surface area contributed by atoms with Crippen LogP contribution in [0.5, 0.6) is 0 Å². The Balaban J connectivity index is 3.04. The number of likely N-dealkylation sites (tertiary alicyclic amines) is 1. The number of hydrogen-bond acceptors (Lipinski definition) is 4. The van der Waals surface area contributed by atoms with E-state index in [0.717, 1.165) is 0 Å². The van der Waals surface area contributed by atoms with E-state index in [1.54, 1.807) is 20.8 Å². The first-order valence-corrected chi connectivity index (χ1v) is 9.16. The van der Waals surface area contributed by atoms with Gasteiger partial charge in [-0.3, -0.25) is 4.79 Å². The number of carboxylic acid groups (broad SMARTS) is 1. The van der Waals surface area contributed by atoms with E-state index in [9.17, 15) is 19.5 Å². The Kier molecular flexibility index (Phi) is 6.71. The highest BCUT2D eigenvalue weighted by Gasteiger charge is 2.45. The fourth-order valence-corrected chi connectivity index (χ4v) is 3.07. The lowest BCUT2D eigenvalue weighted by atomic mass is 9.85. The second-order valence-electron chi connectivity index (χ2n) is 9.53. The number of rotatable bonds is 4. The third-order valence-electron chi connectivity index (χ3n) is 4.62. The van der Waals surface area contributed by atoms with Gasteiger partial charge in [-0.2, -0.15) is 0 Å². The molecule has 0 bridgehead atoms. The van der Waals surface area contributed by atoms with Crippen molar-refractivity contribution < 1.29 is 24.2 Å². The van der Waals surface area contributed by atoms with Gasteiger partial charge in [0.15, 0.2) is 0 Å². The molecule has 0 aromatic heterocycles. The van der Waals surface area contributed by atoms with Crippen molar-refractivity contribution in [2.24, 2.45) is 17.3 Å². The van der Waals surface area contributed by atoms with Gasteiger partial charge in [0.2, 0.25) is 5.91 Å². The smallest absolute Gasteiger partial charge is 0.408 e. The van der Waals surface area contributed by atoms with Gasteiger partial charge < -0.3 is 20.1 Å². The van der Waals surface area contributed by atoms with Crippen LogP contribution in [-0.4, -0.2) is 52.2 Å². The normalized spacial score (nSPS) is 22.3. The number of amides is 2. The molecule has 150 valence electrons. The minimum atomic E-state index is -1.01. The Labute approximate surface area is 156 Å². The quantitative estimate of drug-likeness (QED) is 0.793. The Morgan fingerprint density at radius 1 is 1.12 bits per heavy atom. The van der Waals surface area contributed by atoms with Crippen LogP contribution in [0.25, 0.3) is 0 Å². The number of nitrogens with zero attached hydrogens (tertiary/aromatic N) is 1. The maximum absolute atomic E-state index is 13.2. The third kappa shape index (κ3) is 5.88. The summed E-state index contributed by atoms with van der Waals surface area (Å²) in [4.78, 5) is 38.4. The molecule has 1 aliphatic heterocycles. The third-order valence-corrected chi connectivity index (χ3v) is 4.62. The first kappa shape index (κ1) is 22.3. The van der Waals surface area contributed by atoms with Crippen molar-refractivity contribution in [1.82, 2.24) is 10.2 Å². The van der Waals surface area contributed by atoms with Crippen LogP contribution in [0.15, 0.2) is 0 Å². The number of nitrogens with one attached hydrogen (secondary N) is 1. The van der Waals surface area contributed by atoms with Crippen LogP contribution in [0, 0.1) is 17.3 Å². The zero-order valence-electron chi connectivity index (χ0n) is 17.3. The molecule has 0 radical (unpaired) electrons. The topological polar surface area (TPSA) is 95.9 Å². The Hall–Kier alpha value is -1.79. The summed E-state index contributed by atoms with van der Waals surface area (Å²) in [6.07, 6.45) is -0.251. The number of hydrogen-bond donors (Lipinski definition) is 2. The first-order chi connectivity index (χ1) is 11.6. The van der Waals surface area contributed by atoms with Crippen molar-refractivity contribution in [3.05, 3.63) is 0 Å². The van der Waals surface area contributed by atoms with E-state index in [2.05, 4.69) is 5.32 Å². The molecule has 0 saturated carbocycles. The number of alkyl carbamates (subject to hydrolysis) is 1. The van der Waals surface area contributed by atoms with Gasteiger partial charge in [-0.25, -0.2) is 9.59 Å². The molecule has 1 unspecified atom stereocenters. The maximum atomic E-state index is 13.2. The van der Waals surface area contributed by atoms with Crippen molar-refractivity contribution in [3.63, 3.8) is 0 Å². The standard InChI is InChI=1S/C19H34N2O5/c1-11(2)12-9-13(16(23)24)21(10-12)15(22)14(18(3,4)5)20-17(25)26-19(6,7)8/h11-14H,9-10H2,1-8H3,(H,20,25)(H,23,24)/t12-,13+,14?/m1/s1. The molecule has 2 amide bonds. The Morgan fingerprint density at radius 2 is 1.65 bits per heavy atom. The molecule has 2 N–H and O–H groups in total. The van der Waals surface area contributed by atoms with E-state index >= 15 is 0 Å². The van der Waals surface area contributed by atoms with E-state index in [1.165, 1.54) is 4.90 Å². The summed E-state index contributed by atoms with van der Waals surface area (Å²) in [5.41, 5.74) is -1.28. The van der Waals surface area contributed by atoms with Gasteiger partial charge in [0.25, 0.3) is 0 Å². The van der Waals surface area contributed by atoms with E-state index < -0.39 is 35.2 Å².